The van der Waals surface area contributed by atoms with Gasteiger partial charge in [0.2, 0.25) is 0 Å². The molecule has 1 fully saturated rings. The SMILES string of the molecule is O=c1[nH]c(=S)[nH]c([C@H]2CC[C@H](c3ccccc3)CC2)c1Cc1ncccn1. The number of hydrogen-bond acceptors (Lipinski definition) is 4. The van der Waals surface area contributed by atoms with Crippen LogP contribution in [0.2, 0.25) is 0 Å². The van der Waals surface area contributed by atoms with Gasteiger partial charge in [0.15, 0.2) is 4.77 Å². The quantitative estimate of drug-likeness (QED) is 0.666. The maximum Gasteiger partial charge on any atom is 0.255 e. The molecule has 138 valence electrons. The molecule has 2 aromatic heterocycles. The molecular weight excluding hydrogens is 356 g/mol. The van der Waals surface area contributed by atoms with Crippen molar-refractivity contribution >= 4 is 12.2 Å². The van der Waals surface area contributed by atoms with Crippen LogP contribution < -0.4 is 5.56 Å². The predicted octanol–water partition coefficient (Wildman–Crippen LogP) is 4.25. The number of benzene rings is 1. The fraction of sp³-hybridized carbons (Fsp3) is 0.333. The first-order valence-electron chi connectivity index (χ1n) is 9.37. The second-order valence-electron chi connectivity index (χ2n) is 7.10. The second-order valence-corrected chi connectivity index (χ2v) is 7.51. The normalized spacial score (nSPS) is 19.7. The third-order valence-electron chi connectivity index (χ3n) is 5.44. The van der Waals surface area contributed by atoms with Crippen LogP contribution in [-0.4, -0.2) is 19.9 Å². The number of nitrogens with zero attached hydrogens (tertiary/aromatic N) is 2. The van der Waals surface area contributed by atoms with E-state index in [0.717, 1.165) is 31.4 Å². The lowest BCUT2D eigenvalue weighted by Crippen LogP contribution is -2.23. The van der Waals surface area contributed by atoms with Gasteiger partial charge in [0.05, 0.1) is 0 Å². The van der Waals surface area contributed by atoms with Crippen molar-refractivity contribution in [2.24, 2.45) is 0 Å². The van der Waals surface area contributed by atoms with Crippen LogP contribution in [0.1, 0.15) is 60.2 Å². The number of hydrogen-bond donors (Lipinski definition) is 2. The van der Waals surface area contributed by atoms with Gasteiger partial charge in [-0.15, -0.1) is 0 Å². The van der Waals surface area contributed by atoms with Gasteiger partial charge in [-0.2, -0.15) is 0 Å². The summed E-state index contributed by atoms with van der Waals surface area (Å²) in [6.07, 6.45) is 8.12. The van der Waals surface area contributed by atoms with Crippen LogP contribution in [0.3, 0.4) is 0 Å². The largest absolute Gasteiger partial charge is 0.335 e. The zero-order valence-electron chi connectivity index (χ0n) is 15.0. The van der Waals surface area contributed by atoms with E-state index in [4.69, 9.17) is 12.2 Å². The molecule has 0 aliphatic heterocycles. The topological polar surface area (TPSA) is 74.4 Å². The number of H-pyrrole nitrogens is 2. The number of aromatic nitrogens is 4. The van der Waals surface area contributed by atoms with E-state index < -0.39 is 0 Å². The Bertz CT molecular complexity index is 1010. The van der Waals surface area contributed by atoms with E-state index in [1.807, 2.05) is 0 Å². The van der Waals surface area contributed by atoms with Crippen LogP contribution in [0.25, 0.3) is 0 Å². The molecule has 0 atom stereocenters. The predicted molar refractivity (Wildman–Crippen MR) is 107 cm³/mol. The maximum atomic E-state index is 12.6. The highest BCUT2D eigenvalue weighted by atomic mass is 32.1. The van der Waals surface area contributed by atoms with E-state index in [2.05, 4.69) is 50.3 Å². The van der Waals surface area contributed by atoms with Crippen molar-refractivity contribution in [3.8, 4) is 0 Å². The van der Waals surface area contributed by atoms with E-state index >= 15 is 0 Å². The van der Waals surface area contributed by atoms with Gasteiger partial charge < -0.3 is 4.98 Å². The Morgan fingerprint density at radius 2 is 1.59 bits per heavy atom. The highest BCUT2D eigenvalue weighted by Crippen LogP contribution is 2.40. The minimum absolute atomic E-state index is 0.133. The van der Waals surface area contributed by atoms with Gasteiger partial charge >= 0.3 is 0 Å². The van der Waals surface area contributed by atoms with Gasteiger partial charge in [-0.3, -0.25) is 9.78 Å². The molecular formula is C21H22N4OS. The molecule has 1 aromatic carbocycles. The molecule has 3 aromatic rings. The first kappa shape index (κ1) is 17.8. The highest BCUT2D eigenvalue weighted by Gasteiger charge is 2.26. The molecule has 6 heteroatoms. The van der Waals surface area contributed by atoms with Crippen molar-refractivity contribution < 1.29 is 0 Å². The standard InChI is InChI=1S/C21H22N4OS/c26-20-17(13-18-22-11-4-12-23-18)19(24-21(27)25-20)16-9-7-15(8-10-16)14-5-2-1-3-6-14/h1-6,11-12,15-16H,7-10,13H2,(H2,24,25,26,27)/t15-,16-. The number of aromatic amines is 2. The molecule has 4 rings (SSSR count). The summed E-state index contributed by atoms with van der Waals surface area (Å²) in [6.45, 7) is 0. The van der Waals surface area contributed by atoms with Gasteiger partial charge in [0, 0.05) is 30.1 Å². The molecule has 0 spiro atoms. The second kappa shape index (κ2) is 7.96. The fourth-order valence-corrected chi connectivity index (χ4v) is 4.28. The lowest BCUT2D eigenvalue weighted by atomic mass is 9.76. The summed E-state index contributed by atoms with van der Waals surface area (Å²) in [4.78, 5) is 27.1. The summed E-state index contributed by atoms with van der Waals surface area (Å²) in [5.74, 6) is 1.55. The number of nitrogens with one attached hydrogen (secondary N) is 2. The summed E-state index contributed by atoms with van der Waals surface area (Å²) in [5, 5.41) is 0. The van der Waals surface area contributed by atoms with E-state index in [1.165, 1.54) is 5.56 Å². The molecule has 5 nitrogen and oxygen atoms in total. The van der Waals surface area contributed by atoms with E-state index in [1.54, 1.807) is 18.5 Å². The van der Waals surface area contributed by atoms with E-state index in [-0.39, 0.29) is 5.56 Å². The van der Waals surface area contributed by atoms with E-state index in [9.17, 15) is 4.79 Å². The van der Waals surface area contributed by atoms with Crippen LogP contribution in [0.5, 0.6) is 0 Å². The first-order valence-corrected chi connectivity index (χ1v) is 9.77. The molecule has 0 unspecified atom stereocenters. The van der Waals surface area contributed by atoms with Crippen molar-refractivity contribution in [2.45, 2.75) is 43.9 Å². The lowest BCUT2D eigenvalue weighted by molar-refractivity contribution is 0.389. The van der Waals surface area contributed by atoms with Crippen molar-refractivity contribution in [1.29, 1.82) is 0 Å². The molecule has 0 amide bonds. The molecule has 27 heavy (non-hydrogen) atoms. The zero-order chi connectivity index (χ0) is 18.6. The van der Waals surface area contributed by atoms with Crippen LogP contribution in [-0.2, 0) is 6.42 Å². The Hall–Kier alpha value is -2.60. The summed E-state index contributed by atoms with van der Waals surface area (Å²) in [5.41, 5.74) is 2.94. The van der Waals surface area contributed by atoms with Gasteiger partial charge in [0.25, 0.3) is 5.56 Å². The molecule has 2 heterocycles. The van der Waals surface area contributed by atoms with Crippen LogP contribution in [0.15, 0.2) is 53.6 Å². The Balaban J connectivity index is 1.59. The average Bonchev–Trinajstić information content (AvgIpc) is 2.71. The Labute approximate surface area is 162 Å². The maximum absolute atomic E-state index is 12.6. The summed E-state index contributed by atoms with van der Waals surface area (Å²) in [7, 11) is 0. The molecule has 1 aliphatic rings. The van der Waals surface area contributed by atoms with E-state index in [0.29, 0.717) is 34.4 Å². The Morgan fingerprint density at radius 3 is 2.30 bits per heavy atom. The summed E-state index contributed by atoms with van der Waals surface area (Å²) >= 11 is 5.24. The van der Waals surface area contributed by atoms with Crippen molar-refractivity contribution in [3.63, 3.8) is 0 Å². The third kappa shape index (κ3) is 4.06. The minimum Gasteiger partial charge on any atom is -0.335 e. The molecule has 2 N–H and O–H groups in total. The summed E-state index contributed by atoms with van der Waals surface area (Å²) < 4.78 is 0.387. The van der Waals surface area contributed by atoms with Gasteiger partial charge in [-0.05, 0) is 61.4 Å². The zero-order valence-corrected chi connectivity index (χ0v) is 15.8. The average molecular weight is 379 g/mol. The van der Waals surface area contributed by atoms with Gasteiger partial charge in [-0.25, -0.2) is 9.97 Å². The van der Waals surface area contributed by atoms with Crippen molar-refractivity contribution in [1.82, 2.24) is 19.9 Å². The monoisotopic (exact) mass is 378 g/mol. The van der Waals surface area contributed by atoms with Crippen molar-refractivity contribution in [3.05, 3.63) is 86.6 Å². The molecule has 1 saturated carbocycles. The molecule has 0 saturated heterocycles. The third-order valence-corrected chi connectivity index (χ3v) is 5.64. The first-order chi connectivity index (χ1) is 13.2. The highest BCUT2D eigenvalue weighted by molar-refractivity contribution is 7.71. The number of rotatable bonds is 4. The van der Waals surface area contributed by atoms with Crippen LogP contribution in [0.4, 0.5) is 0 Å². The molecule has 1 aliphatic carbocycles. The van der Waals surface area contributed by atoms with Gasteiger partial charge in [-0.1, -0.05) is 30.3 Å². The Kier molecular flexibility index (Phi) is 5.25. The Morgan fingerprint density at radius 1 is 0.926 bits per heavy atom. The lowest BCUT2D eigenvalue weighted by Gasteiger charge is -2.29. The van der Waals surface area contributed by atoms with Gasteiger partial charge in [0.1, 0.15) is 5.82 Å². The van der Waals surface area contributed by atoms with Crippen molar-refractivity contribution in [2.75, 3.05) is 0 Å². The summed E-state index contributed by atoms with van der Waals surface area (Å²) in [6, 6.07) is 12.5. The fourth-order valence-electron chi connectivity index (χ4n) is 4.07. The smallest absolute Gasteiger partial charge is 0.255 e. The molecule has 0 bridgehead atoms. The van der Waals surface area contributed by atoms with Crippen LogP contribution >= 0.6 is 12.2 Å². The molecule has 0 radical (unpaired) electrons. The van der Waals surface area contributed by atoms with Crippen LogP contribution in [0, 0.1) is 4.77 Å². The minimum atomic E-state index is -0.133.